The minimum atomic E-state index is -0.0620. The second kappa shape index (κ2) is 8.27. The summed E-state index contributed by atoms with van der Waals surface area (Å²) in [5.74, 6) is 0.264. The third kappa shape index (κ3) is 4.07. The van der Waals surface area contributed by atoms with Crippen LogP contribution in [0.4, 0.5) is 0 Å². The van der Waals surface area contributed by atoms with Gasteiger partial charge < -0.3 is 5.32 Å². The van der Waals surface area contributed by atoms with Crippen molar-refractivity contribution in [3.8, 4) is 11.1 Å². The number of benzene rings is 2. The summed E-state index contributed by atoms with van der Waals surface area (Å²) in [6, 6.07) is 24.2. The number of nitrogens with zero attached hydrogens (tertiary/aromatic N) is 3. The molecule has 4 aromatic rings. The fraction of sp³-hybridized carbons (Fsp3) is 0.136. The SMILES string of the molecule is C[C@@H](NC(=O)CSc1nnc2ccccn12)c1ccc(-c2ccccc2)cc1. The van der Waals surface area contributed by atoms with E-state index in [0.29, 0.717) is 10.9 Å². The molecular formula is C22H20N4OS. The first kappa shape index (κ1) is 18.3. The van der Waals surface area contributed by atoms with Gasteiger partial charge in [0.25, 0.3) is 0 Å². The summed E-state index contributed by atoms with van der Waals surface area (Å²) in [5.41, 5.74) is 4.20. The first-order valence-electron chi connectivity index (χ1n) is 9.08. The van der Waals surface area contributed by atoms with E-state index < -0.39 is 0 Å². The summed E-state index contributed by atoms with van der Waals surface area (Å²) in [5, 5.41) is 12.0. The van der Waals surface area contributed by atoms with Crippen LogP contribution in [0, 0.1) is 0 Å². The summed E-state index contributed by atoms with van der Waals surface area (Å²) < 4.78 is 1.88. The van der Waals surface area contributed by atoms with Crippen molar-refractivity contribution in [2.24, 2.45) is 0 Å². The number of hydrogen-bond acceptors (Lipinski definition) is 4. The van der Waals surface area contributed by atoms with Gasteiger partial charge in [-0.05, 0) is 35.7 Å². The van der Waals surface area contributed by atoms with Gasteiger partial charge >= 0.3 is 0 Å². The van der Waals surface area contributed by atoms with E-state index in [9.17, 15) is 4.79 Å². The second-order valence-corrected chi connectivity index (χ2v) is 7.42. The molecule has 0 saturated heterocycles. The normalized spacial score (nSPS) is 12.0. The van der Waals surface area contributed by atoms with Crippen LogP contribution in [-0.4, -0.2) is 26.3 Å². The molecular weight excluding hydrogens is 368 g/mol. The molecule has 2 aromatic heterocycles. The fourth-order valence-corrected chi connectivity index (χ4v) is 3.74. The minimum absolute atomic E-state index is 0.0303. The predicted molar refractivity (Wildman–Crippen MR) is 112 cm³/mol. The number of carbonyl (C=O) groups is 1. The number of carbonyl (C=O) groups excluding carboxylic acids is 1. The molecule has 2 heterocycles. The maximum atomic E-state index is 12.4. The number of thioether (sulfide) groups is 1. The van der Waals surface area contributed by atoms with E-state index >= 15 is 0 Å². The Bertz CT molecular complexity index is 1080. The van der Waals surface area contributed by atoms with Crippen molar-refractivity contribution in [3.05, 3.63) is 84.6 Å². The molecule has 1 N–H and O–H groups in total. The fourth-order valence-electron chi connectivity index (χ4n) is 3.01. The lowest BCUT2D eigenvalue weighted by Crippen LogP contribution is -2.28. The minimum Gasteiger partial charge on any atom is -0.349 e. The Morgan fingerprint density at radius 1 is 0.964 bits per heavy atom. The van der Waals surface area contributed by atoms with Gasteiger partial charge in [0.1, 0.15) is 0 Å². The highest BCUT2D eigenvalue weighted by Gasteiger charge is 2.12. The Hall–Kier alpha value is -3.12. The summed E-state index contributed by atoms with van der Waals surface area (Å²) >= 11 is 1.38. The molecule has 1 amide bonds. The van der Waals surface area contributed by atoms with E-state index in [0.717, 1.165) is 16.8 Å². The molecule has 0 radical (unpaired) electrons. The predicted octanol–water partition coefficient (Wildman–Crippen LogP) is 4.37. The van der Waals surface area contributed by atoms with Gasteiger partial charge in [0.15, 0.2) is 10.8 Å². The summed E-state index contributed by atoms with van der Waals surface area (Å²) in [6.45, 7) is 1.99. The van der Waals surface area contributed by atoms with E-state index in [1.807, 2.05) is 53.9 Å². The van der Waals surface area contributed by atoms with E-state index in [-0.39, 0.29) is 11.9 Å². The summed E-state index contributed by atoms with van der Waals surface area (Å²) in [7, 11) is 0. The van der Waals surface area contributed by atoms with Gasteiger partial charge in [-0.3, -0.25) is 9.20 Å². The lowest BCUT2D eigenvalue weighted by atomic mass is 10.0. The monoisotopic (exact) mass is 388 g/mol. The second-order valence-electron chi connectivity index (χ2n) is 6.48. The Balaban J connectivity index is 1.35. The van der Waals surface area contributed by atoms with Crippen molar-refractivity contribution in [1.82, 2.24) is 19.9 Å². The Morgan fingerprint density at radius 2 is 1.68 bits per heavy atom. The average molecular weight is 388 g/mol. The first-order valence-corrected chi connectivity index (χ1v) is 10.1. The summed E-state index contributed by atoms with van der Waals surface area (Å²) in [6.07, 6.45) is 1.90. The molecule has 0 saturated carbocycles. The van der Waals surface area contributed by atoms with Crippen LogP contribution in [-0.2, 0) is 4.79 Å². The van der Waals surface area contributed by atoms with E-state index in [4.69, 9.17) is 0 Å². The first-order chi connectivity index (χ1) is 13.7. The van der Waals surface area contributed by atoms with Gasteiger partial charge in [0, 0.05) is 6.20 Å². The van der Waals surface area contributed by atoms with Crippen molar-refractivity contribution in [2.75, 3.05) is 5.75 Å². The largest absolute Gasteiger partial charge is 0.349 e. The van der Waals surface area contributed by atoms with Crippen molar-refractivity contribution >= 4 is 23.3 Å². The smallest absolute Gasteiger partial charge is 0.230 e. The quantitative estimate of drug-likeness (QED) is 0.499. The zero-order valence-electron chi connectivity index (χ0n) is 15.4. The number of pyridine rings is 1. The zero-order valence-corrected chi connectivity index (χ0v) is 16.3. The summed E-state index contributed by atoms with van der Waals surface area (Å²) in [4.78, 5) is 12.4. The maximum absolute atomic E-state index is 12.4. The van der Waals surface area contributed by atoms with Crippen molar-refractivity contribution in [3.63, 3.8) is 0 Å². The van der Waals surface area contributed by atoms with Crippen molar-refractivity contribution in [2.45, 2.75) is 18.1 Å². The number of nitrogens with one attached hydrogen (secondary N) is 1. The molecule has 0 aliphatic carbocycles. The molecule has 0 bridgehead atoms. The average Bonchev–Trinajstić information content (AvgIpc) is 3.16. The highest BCUT2D eigenvalue weighted by Crippen LogP contribution is 2.22. The lowest BCUT2D eigenvalue weighted by molar-refractivity contribution is -0.119. The van der Waals surface area contributed by atoms with Gasteiger partial charge in [0.2, 0.25) is 5.91 Å². The van der Waals surface area contributed by atoms with E-state index in [2.05, 4.69) is 51.9 Å². The van der Waals surface area contributed by atoms with Gasteiger partial charge in [-0.15, -0.1) is 10.2 Å². The van der Waals surface area contributed by atoms with Crippen LogP contribution in [0.2, 0.25) is 0 Å². The number of fused-ring (bicyclic) bond motifs is 1. The van der Waals surface area contributed by atoms with Crippen LogP contribution >= 0.6 is 11.8 Å². The van der Waals surface area contributed by atoms with E-state index in [1.165, 1.54) is 17.3 Å². The molecule has 0 spiro atoms. The van der Waals surface area contributed by atoms with Gasteiger partial charge in [-0.25, -0.2) is 0 Å². The van der Waals surface area contributed by atoms with Gasteiger partial charge in [0.05, 0.1) is 11.8 Å². The van der Waals surface area contributed by atoms with Crippen LogP contribution in [0.1, 0.15) is 18.5 Å². The molecule has 4 rings (SSSR count). The maximum Gasteiger partial charge on any atom is 0.230 e. The molecule has 5 nitrogen and oxygen atoms in total. The van der Waals surface area contributed by atoms with Crippen LogP contribution in [0.15, 0.2) is 84.1 Å². The third-order valence-corrected chi connectivity index (χ3v) is 5.45. The third-order valence-electron chi connectivity index (χ3n) is 4.51. The molecule has 140 valence electrons. The van der Waals surface area contributed by atoms with Gasteiger partial charge in [-0.1, -0.05) is 72.4 Å². The lowest BCUT2D eigenvalue weighted by Gasteiger charge is -2.14. The molecule has 1 atom stereocenters. The topological polar surface area (TPSA) is 59.3 Å². The van der Waals surface area contributed by atoms with Gasteiger partial charge in [-0.2, -0.15) is 0 Å². The number of amides is 1. The molecule has 6 heteroatoms. The number of hydrogen-bond donors (Lipinski definition) is 1. The van der Waals surface area contributed by atoms with Crippen LogP contribution < -0.4 is 5.32 Å². The van der Waals surface area contributed by atoms with Crippen molar-refractivity contribution in [1.29, 1.82) is 0 Å². The Morgan fingerprint density at radius 3 is 2.46 bits per heavy atom. The zero-order chi connectivity index (χ0) is 19.3. The van der Waals surface area contributed by atoms with Crippen LogP contribution in [0.25, 0.3) is 16.8 Å². The van der Waals surface area contributed by atoms with Crippen molar-refractivity contribution < 1.29 is 4.79 Å². The molecule has 28 heavy (non-hydrogen) atoms. The van der Waals surface area contributed by atoms with Crippen LogP contribution in [0.3, 0.4) is 0 Å². The molecule has 2 aromatic carbocycles. The molecule has 0 unspecified atom stereocenters. The standard InChI is InChI=1S/C22H20N4OS/c1-16(17-10-12-19(13-11-17)18-7-3-2-4-8-18)23-21(27)15-28-22-25-24-20-9-5-6-14-26(20)22/h2-14,16H,15H2,1H3,(H,23,27)/t16-/m1/s1. The number of rotatable bonds is 6. The Kier molecular flexibility index (Phi) is 5.39. The molecule has 0 fully saturated rings. The molecule has 0 aliphatic heterocycles. The van der Waals surface area contributed by atoms with Crippen LogP contribution in [0.5, 0.6) is 0 Å². The molecule has 0 aliphatic rings. The van der Waals surface area contributed by atoms with E-state index in [1.54, 1.807) is 0 Å². The number of aromatic nitrogens is 3. The highest BCUT2D eigenvalue weighted by atomic mass is 32.2. The Labute approximate surface area is 167 Å². The highest BCUT2D eigenvalue weighted by molar-refractivity contribution is 7.99.